The smallest absolute Gasteiger partial charge is 0.870 e. The van der Waals surface area contributed by atoms with Crippen LogP contribution in [0.25, 0.3) is 0 Å². The number of phenols is 1. The molecule has 14 nitrogen and oxygen atoms in total. The molecule has 4 aromatic carbocycles. The molecule has 0 saturated heterocycles. The number of benzene rings is 4. The first-order chi connectivity index (χ1) is 27.2. The van der Waals surface area contributed by atoms with E-state index in [-0.39, 0.29) is 91.1 Å². The van der Waals surface area contributed by atoms with Gasteiger partial charge in [-0.05, 0) is 59.7 Å². The van der Waals surface area contributed by atoms with E-state index in [1.54, 1.807) is 12.1 Å². The molecule has 0 radical (unpaired) electrons. The molecular formula is C34H29F10N2NaO12S3. The first kappa shape index (κ1) is 55.5. The van der Waals surface area contributed by atoms with Crippen molar-refractivity contribution in [2.75, 3.05) is 19.5 Å². The number of phenolic OH excluding ortho intramolecular Hbond substituents is 1. The van der Waals surface area contributed by atoms with Crippen molar-refractivity contribution in [3.05, 3.63) is 130 Å². The van der Waals surface area contributed by atoms with Gasteiger partial charge in [0.15, 0.2) is 0 Å². The molecule has 2 atom stereocenters. The molecule has 62 heavy (non-hydrogen) atoms. The van der Waals surface area contributed by atoms with Gasteiger partial charge in [-0.3, -0.25) is 0 Å². The van der Waals surface area contributed by atoms with Gasteiger partial charge in [-0.2, -0.15) is 51.6 Å². The van der Waals surface area contributed by atoms with E-state index in [1.165, 1.54) is 36.4 Å². The molecule has 0 aromatic heterocycles. The SMILES string of the molecule is C.CS(=O)(=O)OS(=O)(=O)C(F)(F)F.O=S(=O)(Oc1ccc(C2COC(c3c(F)cccc3F)=N2)cc1)C(F)(F)F.Oc1ccc(C2COC(c3c(F)cccc3F)=N2)cc1.[Na+].[OH-]. The van der Waals surface area contributed by atoms with E-state index in [0.29, 0.717) is 5.56 Å². The predicted molar refractivity (Wildman–Crippen MR) is 193 cm³/mol. The zero-order chi connectivity index (χ0) is 44.1. The number of nitrogens with zero attached hydrogens (tertiary/aromatic N) is 2. The molecule has 2 aliphatic rings. The maximum atomic E-state index is 13.8. The topological polar surface area (TPSA) is 214 Å². The summed E-state index contributed by atoms with van der Waals surface area (Å²) in [7, 11) is -16.5. The molecule has 2 unspecified atom stereocenters. The minimum Gasteiger partial charge on any atom is -0.870 e. The number of hydrogen-bond donors (Lipinski definition) is 1. The van der Waals surface area contributed by atoms with Crippen LogP contribution in [0.1, 0.15) is 41.8 Å². The molecular weight excluding hydrogens is 938 g/mol. The maximum Gasteiger partial charge on any atom is 1.00 e. The number of hydrogen-bond acceptors (Lipinski definition) is 14. The molecule has 2 N–H and O–H groups in total. The summed E-state index contributed by atoms with van der Waals surface area (Å²) < 4.78 is 205. The molecule has 0 amide bonds. The summed E-state index contributed by atoms with van der Waals surface area (Å²) in [5.74, 6) is -3.76. The summed E-state index contributed by atoms with van der Waals surface area (Å²) in [6.07, 6.45) is 0.191. The molecule has 0 spiro atoms. The first-order valence-corrected chi connectivity index (χ1v) is 20.2. The fraction of sp³-hybridized carbons (Fsp3) is 0.235. The third-order valence-corrected chi connectivity index (χ3v) is 10.4. The number of aliphatic imine (C=N–C) groups is 2. The second-order valence-corrected chi connectivity index (χ2v) is 16.4. The summed E-state index contributed by atoms with van der Waals surface area (Å²) >= 11 is 0. The Morgan fingerprint density at radius 3 is 1.26 bits per heavy atom. The van der Waals surface area contributed by atoms with Crippen LogP contribution in [0.3, 0.4) is 0 Å². The standard InChI is InChI=1S/C16H10F5NO4S.C15H11F2NO2.C2H3F3O5S2.CH4.Na.H2O/c17-11-2-1-3-12(18)14(11)15-22-13(8-25-15)9-4-6-10(7-5-9)26-27(23,24)16(19,20)21;16-11-2-1-3-12(17)14(11)15-18-13(8-20-15)9-4-6-10(19)7-5-9;1-11(6,7)10-12(8,9)2(3,4)5;;;/h1-7,13H,8H2;1-7,13,19H,8H2;1H3;1H4;;1H2/q;;;;+1;/p-1. The fourth-order valence-corrected chi connectivity index (χ4v) is 6.65. The Morgan fingerprint density at radius 2 is 0.952 bits per heavy atom. The van der Waals surface area contributed by atoms with Gasteiger partial charge in [-0.1, -0.05) is 43.8 Å². The van der Waals surface area contributed by atoms with Gasteiger partial charge in [-0.15, -0.1) is 3.63 Å². The molecule has 336 valence electrons. The monoisotopic (exact) mass is 966 g/mol. The van der Waals surface area contributed by atoms with Crippen molar-refractivity contribution in [3.8, 4) is 11.5 Å². The second-order valence-electron chi connectivity index (χ2n) is 11.5. The zero-order valence-corrected chi connectivity index (χ0v) is 35.0. The van der Waals surface area contributed by atoms with E-state index in [1.807, 2.05) is 0 Å². The van der Waals surface area contributed by atoms with E-state index in [9.17, 15) is 74.3 Å². The van der Waals surface area contributed by atoms with E-state index < -0.39 is 82.0 Å². The van der Waals surface area contributed by atoms with Crippen LogP contribution in [0.5, 0.6) is 11.5 Å². The third-order valence-electron chi connectivity index (χ3n) is 7.18. The molecule has 0 saturated carbocycles. The van der Waals surface area contributed by atoms with Gasteiger partial charge in [-0.25, -0.2) is 27.5 Å². The van der Waals surface area contributed by atoms with Gasteiger partial charge >= 0.3 is 60.8 Å². The van der Waals surface area contributed by atoms with Crippen LogP contribution in [0.4, 0.5) is 43.9 Å². The molecule has 0 fully saturated rings. The van der Waals surface area contributed by atoms with Crippen molar-refractivity contribution < 1.29 is 127 Å². The Kier molecular flexibility index (Phi) is 19.4. The summed E-state index contributed by atoms with van der Waals surface area (Å²) in [4.78, 5) is 8.28. The molecule has 0 aliphatic carbocycles. The van der Waals surface area contributed by atoms with Crippen LogP contribution >= 0.6 is 0 Å². The Labute approximate surface area is 368 Å². The average Bonchev–Trinajstić information content (AvgIpc) is 3.79. The second kappa shape index (κ2) is 21.7. The van der Waals surface area contributed by atoms with Gasteiger partial charge < -0.3 is 24.2 Å². The Morgan fingerprint density at radius 1 is 0.613 bits per heavy atom. The number of aromatic hydroxyl groups is 1. The fourth-order valence-electron chi connectivity index (χ4n) is 4.58. The van der Waals surface area contributed by atoms with E-state index in [2.05, 4.69) is 17.8 Å². The third kappa shape index (κ3) is 14.5. The molecule has 4 aromatic rings. The van der Waals surface area contributed by atoms with Crippen LogP contribution in [0.2, 0.25) is 0 Å². The van der Waals surface area contributed by atoms with Crippen molar-refractivity contribution in [3.63, 3.8) is 0 Å². The summed E-state index contributed by atoms with van der Waals surface area (Å²) in [6.45, 7) is 0.165. The quantitative estimate of drug-likeness (QED) is 0.114. The van der Waals surface area contributed by atoms with Crippen molar-refractivity contribution in [1.82, 2.24) is 0 Å². The molecule has 2 aliphatic heterocycles. The summed E-state index contributed by atoms with van der Waals surface area (Å²) in [5.41, 5.74) is -10.7. The number of rotatable bonds is 8. The van der Waals surface area contributed by atoms with Crippen LogP contribution in [-0.4, -0.2) is 78.1 Å². The predicted octanol–water partition coefficient (Wildman–Crippen LogP) is 4.18. The summed E-state index contributed by atoms with van der Waals surface area (Å²) in [6, 6.07) is 16.9. The van der Waals surface area contributed by atoms with Crippen LogP contribution in [0, 0.1) is 23.3 Å². The van der Waals surface area contributed by atoms with E-state index in [4.69, 9.17) is 9.47 Å². The van der Waals surface area contributed by atoms with Crippen LogP contribution < -0.4 is 33.7 Å². The average molecular weight is 967 g/mol. The first-order valence-electron chi connectivity index (χ1n) is 15.6. The number of halogens is 10. The zero-order valence-electron chi connectivity index (χ0n) is 30.5. The van der Waals surface area contributed by atoms with E-state index in [0.717, 1.165) is 42.0 Å². The van der Waals surface area contributed by atoms with Crippen molar-refractivity contribution in [2.45, 2.75) is 30.5 Å². The van der Waals surface area contributed by atoms with Crippen LogP contribution in [0.15, 0.2) is 94.9 Å². The van der Waals surface area contributed by atoms with Crippen molar-refractivity contribution in [2.24, 2.45) is 9.98 Å². The Balaban J connectivity index is 0.000000487. The maximum absolute atomic E-state index is 13.8. The van der Waals surface area contributed by atoms with Gasteiger partial charge in [0.1, 0.15) is 71.2 Å². The minimum absolute atomic E-state index is 0. The number of alkyl halides is 6. The van der Waals surface area contributed by atoms with E-state index >= 15 is 0 Å². The van der Waals surface area contributed by atoms with Gasteiger partial charge in [0.2, 0.25) is 11.8 Å². The number of ether oxygens (including phenoxy) is 2. The molecule has 6 rings (SSSR count). The van der Waals surface area contributed by atoms with Gasteiger partial charge in [0, 0.05) is 0 Å². The Bertz CT molecular complexity index is 2520. The largest absolute Gasteiger partial charge is 1.00 e. The molecule has 0 bridgehead atoms. The normalized spacial score (nSPS) is 16.1. The summed E-state index contributed by atoms with van der Waals surface area (Å²) in [5, 5.41) is 9.24. The molecule has 2 heterocycles. The Hall–Kier alpha value is -4.51. The van der Waals surface area contributed by atoms with Crippen molar-refractivity contribution >= 4 is 42.1 Å². The van der Waals surface area contributed by atoms with Gasteiger partial charge in [0.05, 0.1) is 6.26 Å². The van der Waals surface area contributed by atoms with Crippen LogP contribution in [-0.2, 0) is 43.5 Å². The molecule has 28 heteroatoms. The van der Waals surface area contributed by atoms with Crippen molar-refractivity contribution in [1.29, 1.82) is 0 Å². The minimum atomic E-state index is -6.04. The van der Waals surface area contributed by atoms with Gasteiger partial charge in [0.25, 0.3) is 10.1 Å².